The maximum absolute atomic E-state index is 5.44. The molecule has 28 heavy (non-hydrogen) atoms. The summed E-state index contributed by atoms with van der Waals surface area (Å²) in [7, 11) is 3.18. The van der Waals surface area contributed by atoms with E-state index in [1.807, 2.05) is 41.9 Å². The highest BCUT2D eigenvalue weighted by Crippen LogP contribution is 2.30. The molecule has 0 bridgehead atoms. The zero-order valence-corrected chi connectivity index (χ0v) is 15.8. The summed E-state index contributed by atoms with van der Waals surface area (Å²) in [6, 6.07) is 15.5. The van der Waals surface area contributed by atoms with Gasteiger partial charge >= 0.3 is 0 Å². The molecule has 8 nitrogen and oxygen atoms in total. The van der Waals surface area contributed by atoms with Gasteiger partial charge < -0.3 is 14.0 Å². The Kier molecular flexibility index (Phi) is 4.76. The van der Waals surface area contributed by atoms with Crippen molar-refractivity contribution in [2.75, 3.05) is 14.2 Å². The Hall–Kier alpha value is -3.68. The Morgan fingerprint density at radius 2 is 1.71 bits per heavy atom. The van der Waals surface area contributed by atoms with Gasteiger partial charge in [-0.3, -0.25) is 0 Å². The number of hydrogen-bond donors (Lipinski definition) is 0. The van der Waals surface area contributed by atoms with Crippen LogP contribution in [0.15, 0.2) is 53.1 Å². The molecule has 0 N–H and O–H groups in total. The van der Waals surface area contributed by atoms with Crippen LogP contribution in [0.2, 0.25) is 0 Å². The number of ether oxygens (including phenoxy) is 2. The topological polar surface area (TPSA) is 88.1 Å². The summed E-state index contributed by atoms with van der Waals surface area (Å²) in [4.78, 5) is 4.48. The number of methoxy groups -OCH3 is 2. The molecule has 0 amide bonds. The highest BCUT2D eigenvalue weighted by Gasteiger charge is 2.18. The van der Waals surface area contributed by atoms with Crippen molar-refractivity contribution in [1.82, 2.24) is 25.1 Å². The summed E-state index contributed by atoms with van der Waals surface area (Å²) in [5, 5.41) is 12.5. The van der Waals surface area contributed by atoms with Gasteiger partial charge in [0.25, 0.3) is 5.89 Å². The predicted molar refractivity (Wildman–Crippen MR) is 102 cm³/mol. The van der Waals surface area contributed by atoms with Gasteiger partial charge in [0.1, 0.15) is 11.5 Å². The smallest absolute Gasteiger partial charge is 0.258 e. The molecule has 0 aliphatic carbocycles. The summed E-state index contributed by atoms with van der Waals surface area (Å²) >= 11 is 0. The minimum absolute atomic E-state index is 0.351. The fourth-order valence-corrected chi connectivity index (χ4v) is 2.84. The van der Waals surface area contributed by atoms with E-state index >= 15 is 0 Å². The Morgan fingerprint density at radius 1 is 1.00 bits per heavy atom. The molecule has 0 radical (unpaired) electrons. The second-order valence-electron chi connectivity index (χ2n) is 6.19. The summed E-state index contributed by atoms with van der Waals surface area (Å²) < 4.78 is 17.8. The van der Waals surface area contributed by atoms with E-state index in [4.69, 9.17) is 14.0 Å². The van der Waals surface area contributed by atoms with Gasteiger partial charge in [-0.2, -0.15) is 4.98 Å². The molecule has 0 fully saturated rings. The largest absolute Gasteiger partial charge is 0.497 e. The highest BCUT2D eigenvalue weighted by atomic mass is 16.5. The Morgan fingerprint density at radius 3 is 2.39 bits per heavy atom. The van der Waals surface area contributed by atoms with Crippen LogP contribution in [0.3, 0.4) is 0 Å². The van der Waals surface area contributed by atoms with E-state index in [0.717, 1.165) is 11.3 Å². The molecule has 0 spiro atoms. The van der Waals surface area contributed by atoms with E-state index in [1.165, 1.54) is 0 Å². The Labute approximate surface area is 161 Å². The molecule has 0 saturated carbocycles. The lowest BCUT2D eigenvalue weighted by Gasteiger charge is -2.05. The first-order chi connectivity index (χ1) is 13.7. The van der Waals surface area contributed by atoms with Crippen LogP contribution in [0.5, 0.6) is 11.5 Å². The Bertz CT molecular complexity index is 1070. The second-order valence-corrected chi connectivity index (χ2v) is 6.19. The predicted octanol–water partition coefficient (Wildman–Crippen LogP) is 3.37. The molecule has 4 rings (SSSR count). The zero-order valence-electron chi connectivity index (χ0n) is 15.8. The van der Waals surface area contributed by atoms with E-state index < -0.39 is 0 Å². The van der Waals surface area contributed by atoms with Crippen molar-refractivity contribution in [3.63, 3.8) is 0 Å². The SMILES string of the molecule is COc1cc(OC)cc(-c2nc(-c3nnn(Cc4ccccc4)c3C)no2)c1. The number of benzene rings is 2. The van der Waals surface area contributed by atoms with Crippen LogP contribution in [0.25, 0.3) is 23.0 Å². The van der Waals surface area contributed by atoms with Gasteiger partial charge in [-0.1, -0.05) is 40.7 Å². The van der Waals surface area contributed by atoms with Crippen molar-refractivity contribution in [3.05, 3.63) is 59.8 Å². The lowest BCUT2D eigenvalue weighted by atomic mass is 10.2. The van der Waals surface area contributed by atoms with Crippen LogP contribution in [0.4, 0.5) is 0 Å². The first-order valence-corrected chi connectivity index (χ1v) is 8.69. The van der Waals surface area contributed by atoms with Gasteiger partial charge in [-0.25, -0.2) is 4.68 Å². The van der Waals surface area contributed by atoms with Crippen molar-refractivity contribution in [2.45, 2.75) is 13.5 Å². The highest BCUT2D eigenvalue weighted by molar-refractivity contribution is 5.62. The third-order valence-corrected chi connectivity index (χ3v) is 4.39. The van der Waals surface area contributed by atoms with Crippen LogP contribution < -0.4 is 9.47 Å². The molecule has 142 valence electrons. The molecule has 0 unspecified atom stereocenters. The number of hydrogen-bond acceptors (Lipinski definition) is 7. The van der Waals surface area contributed by atoms with E-state index in [-0.39, 0.29) is 0 Å². The average molecular weight is 377 g/mol. The molecule has 0 saturated heterocycles. The zero-order chi connectivity index (χ0) is 19.5. The normalized spacial score (nSPS) is 10.8. The molecule has 2 aromatic heterocycles. The van der Waals surface area contributed by atoms with Gasteiger partial charge in [-0.15, -0.1) is 5.10 Å². The molecule has 0 aliphatic rings. The van der Waals surface area contributed by atoms with Crippen LogP contribution in [-0.4, -0.2) is 39.4 Å². The third kappa shape index (κ3) is 3.44. The first kappa shape index (κ1) is 17.7. The van der Waals surface area contributed by atoms with Gasteiger partial charge in [0.05, 0.1) is 26.5 Å². The maximum atomic E-state index is 5.44. The van der Waals surface area contributed by atoms with Crippen molar-refractivity contribution in [3.8, 4) is 34.5 Å². The van der Waals surface area contributed by atoms with E-state index in [9.17, 15) is 0 Å². The van der Waals surface area contributed by atoms with Crippen LogP contribution in [-0.2, 0) is 6.54 Å². The fourth-order valence-electron chi connectivity index (χ4n) is 2.84. The molecule has 0 atom stereocenters. The van der Waals surface area contributed by atoms with Gasteiger partial charge in [0.15, 0.2) is 5.69 Å². The molecular weight excluding hydrogens is 358 g/mol. The quantitative estimate of drug-likeness (QED) is 0.509. The van der Waals surface area contributed by atoms with Crippen molar-refractivity contribution in [1.29, 1.82) is 0 Å². The maximum Gasteiger partial charge on any atom is 0.258 e. The molecule has 2 aromatic carbocycles. The van der Waals surface area contributed by atoms with Crippen molar-refractivity contribution < 1.29 is 14.0 Å². The van der Waals surface area contributed by atoms with E-state index in [1.54, 1.807) is 32.4 Å². The monoisotopic (exact) mass is 377 g/mol. The third-order valence-electron chi connectivity index (χ3n) is 4.39. The standard InChI is InChI=1S/C20H19N5O3/c1-13-18(22-24-25(13)12-14-7-5-4-6-8-14)19-21-20(28-23-19)15-9-16(26-2)11-17(10-15)27-3/h4-11H,12H2,1-3H3. The summed E-state index contributed by atoms with van der Waals surface area (Å²) in [5.41, 5.74) is 3.28. The summed E-state index contributed by atoms with van der Waals surface area (Å²) in [6.07, 6.45) is 0. The van der Waals surface area contributed by atoms with Crippen molar-refractivity contribution >= 4 is 0 Å². The van der Waals surface area contributed by atoms with Gasteiger partial charge in [0, 0.05) is 11.6 Å². The molecular formula is C20H19N5O3. The average Bonchev–Trinajstić information content (AvgIpc) is 3.36. The first-order valence-electron chi connectivity index (χ1n) is 8.69. The molecule has 2 heterocycles. The van der Waals surface area contributed by atoms with Crippen LogP contribution >= 0.6 is 0 Å². The molecule has 8 heteroatoms. The lowest BCUT2D eigenvalue weighted by molar-refractivity contribution is 0.393. The van der Waals surface area contributed by atoms with Crippen LogP contribution in [0.1, 0.15) is 11.3 Å². The Balaban J connectivity index is 1.63. The number of nitrogens with zero attached hydrogens (tertiary/aromatic N) is 5. The summed E-state index contributed by atoms with van der Waals surface area (Å²) in [6.45, 7) is 2.56. The lowest BCUT2D eigenvalue weighted by Crippen LogP contribution is -2.03. The molecule has 0 aliphatic heterocycles. The van der Waals surface area contributed by atoms with Gasteiger partial charge in [-0.05, 0) is 24.6 Å². The van der Waals surface area contributed by atoms with E-state index in [2.05, 4.69) is 20.5 Å². The molecule has 4 aromatic rings. The van der Waals surface area contributed by atoms with Crippen LogP contribution in [0, 0.1) is 6.92 Å². The van der Waals surface area contributed by atoms with Crippen molar-refractivity contribution in [2.24, 2.45) is 0 Å². The van der Waals surface area contributed by atoms with Gasteiger partial charge in [0.2, 0.25) is 5.82 Å². The fraction of sp³-hybridized carbons (Fsp3) is 0.200. The minimum atomic E-state index is 0.351. The van der Waals surface area contributed by atoms with E-state index in [0.29, 0.717) is 41.0 Å². The number of rotatable bonds is 6. The summed E-state index contributed by atoms with van der Waals surface area (Å²) in [5.74, 6) is 2.01. The number of aromatic nitrogens is 5. The minimum Gasteiger partial charge on any atom is -0.497 e. The second kappa shape index (κ2) is 7.51.